The minimum absolute atomic E-state index is 0.104. The van der Waals surface area contributed by atoms with Crippen molar-refractivity contribution in [1.29, 1.82) is 0 Å². The van der Waals surface area contributed by atoms with Crippen LogP contribution in [0, 0.1) is 5.92 Å². The third-order valence-corrected chi connectivity index (χ3v) is 4.76. The van der Waals surface area contributed by atoms with Crippen molar-refractivity contribution in [3.05, 3.63) is 29.3 Å². The molecule has 0 bridgehead atoms. The van der Waals surface area contributed by atoms with Gasteiger partial charge in [0.05, 0.1) is 12.3 Å². The van der Waals surface area contributed by atoms with Crippen LogP contribution in [0.15, 0.2) is 28.3 Å². The summed E-state index contributed by atoms with van der Waals surface area (Å²) in [6, 6.07) is 6.59. The number of carbonyl (C=O) groups excluding carboxylic acids is 1. The van der Waals surface area contributed by atoms with E-state index in [-0.39, 0.29) is 12.5 Å². The minimum Gasteiger partial charge on any atom is -0.435 e. The lowest BCUT2D eigenvalue weighted by atomic mass is 10.0. The average Bonchev–Trinajstić information content (AvgIpc) is 3.48. The predicted octanol–water partition coefficient (Wildman–Crippen LogP) is 5.60. The summed E-state index contributed by atoms with van der Waals surface area (Å²) < 4.78 is 9.85. The van der Waals surface area contributed by atoms with Crippen LogP contribution in [-0.4, -0.2) is 30.1 Å². The van der Waals surface area contributed by atoms with Gasteiger partial charge in [-0.3, -0.25) is 5.43 Å². The van der Waals surface area contributed by atoms with Gasteiger partial charge in [-0.2, -0.15) is 5.10 Å². The second-order valence-electron chi connectivity index (χ2n) is 7.05. The number of carbonyl (C=O) groups is 1. The van der Waals surface area contributed by atoms with Crippen molar-refractivity contribution in [2.24, 2.45) is 16.0 Å². The lowest BCUT2D eigenvalue weighted by molar-refractivity contribution is 0.0731. The van der Waals surface area contributed by atoms with E-state index in [0.29, 0.717) is 17.0 Å². The molecule has 7 heteroatoms. The first-order valence-electron chi connectivity index (χ1n) is 9.96. The first-order chi connectivity index (χ1) is 13.5. The van der Waals surface area contributed by atoms with Crippen LogP contribution >= 0.6 is 11.8 Å². The highest BCUT2D eigenvalue weighted by molar-refractivity contribution is 8.13. The van der Waals surface area contributed by atoms with E-state index in [2.05, 4.69) is 49.5 Å². The molecule has 0 aliphatic heterocycles. The standard InChI is InChI=1S/C21H31N3O3S/c1-5-7-17-10-11-18(16-8-9-16)12-19(17)23-20(24-22-13-15(3)4)28-14-27-21(25)26-6-2/h10-13,15-16H,5-9,14H2,1-4H3,(H,23,24)/b22-13+. The maximum absolute atomic E-state index is 11.4. The fraction of sp³-hybridized carbons (Fsp3) is 0.571. The van der Waals surface area contributed by atoms with Crippen LogP contribution in [0.5, 0.6) is 0 Å². The molecule has 1 aromatic rings. The van der Waals surface area contributed by atoms with Crippen LogP contribution in [0.25, 0.3) is 0 Å². The molecule has 0 unspecified atom stereocenters. The van der Waals surface area contributed by atoms with E-state index in [9.17, 15) is 4.79 Å². The number of thioether (sulfide) groups is 1. The van der Waals surface area contributed by atoms with Gasteiger partial charge in [-0.1, -0.05) is 39.3 Å². The van der Waals surface area contributed by atoms with Crippen molar-refractivity contribution in [1.82, 2.24) is 5.43 Å². The van der Waals surface area contributed by atoms with Crippen molar-refractivity contribution in [3.63, 3.8) is 0 Å². The molecule has 1 aliphatic carbocycles. The third-order valence-electron chi connectivity index (χ3n) is 4.07. The molecule has 0 radical (unpaired) electrons. The Labute approximate surface area is 172 Å². The van der Waals surface area contributed by atoms with E-state index < -0.39 is 6.16 Å². The molecule has 1 aliphatic rings. The molecule has 0 aromatic heterocycles. The van der Waals surface area contributed by atoms with Crippen molar-refractivity contribution in [2.45, 2.75) is 59.3 Å². The molecule has 0 heterocycles. The van der Waals surface area contributed by atoms with E-state index in [1.54, 1.807) is 6.92 Å². The van der Waals surface area contributed by atoms with E-state index in [0.717, 1.165) is 18.5 Å². The van der Waals surface area contributed by atoms with E-state index >= 15 is 0 Å². The molecule has 1 N–H and O–H groups in total. The number of hydrogen-bond donors (Lipinski definition) is 1. The summed E-state index contributed by atoms with van der Waals surface area (Å²) in [6.07, 6.45) is 5.66. The molecule has 0 amide bonds. The molecular formula is C21H31N3O3S. The minimum atomic E-state index is -0.678. The van der Waals surface area contributed by atoms with Gasteiger partial charge in [-0.05, 0) is 67.0 Å². The molecule has 1 saturated carbocycles. The first-order valence-corrected chi connectivity index (χ1v) is 10.9. The molecule has 0 saturated heterocycles. The van der Waals surface area contributed by atoms with Gasteiger partial charge in [-0.25, -0.2) is 9.79 Å². The van der Waals surface area contributed by atoms with Gasteiger partial charge in [-0.15, -0.1) is 0 Å². The molecule has 154 valence electrons. The Kier molecular flexibility index (Phi) is 9.34. The predicted molar refractivity (Wildman–Crippen MR) is 117 cm³/mol. The Morgan fingerprint density at radius 3 is 2.75 bits per heavy atom. The molecule has 0 spiro atoms. The van der Waals surface area contributed by atoms with Gasteiger partial charge in [0.2, 0.25) is 0 Å². The monoisotopic (exact) mass is 405 g/mol. The molecular weight excluding hydrogens is 374 g/mol. The van der Waals surface area contributed by atoms with E-state index in [4.69, 9.17) is 14.5 Å². The molecule has 1 fully saturated rings. The largest absolute Gasteiger partial charge is 0.509 e. The van der Waals surface area contributed by atoms with Crippen LogP contribution in [0.4, 0.5) is 10.5 Å². The molecule has 0 atom stereocenters. The Hall–Kier alpha value is -2.02. The van der Waals surface area contributed by atoms with Crippen molar-refractivity contribution in [2.75, 3.05) is 12.5 Å². The summed E-state index contributed by atoms with van der Waals surface area (Å²) in [5.74, 6) is 1.09. The Morgan fingerprint density at radius 2 is 2.11 bits per heavy atom. The molecule has 2 rings (SSSR count). The molecule has 1 aromatic carbocycles. The van der Waals surface area contributed by atoms with Crippen LogP contribution in [0.2, 0.25) is 0 Å². The summed E-state index contributed by atoms with van der Waals surface area (Å²) in [5, 5.41) is 4.84. The fourth-order valence-electron chi connectivity index (χ4n) is 2.57. The number of rotatable bonds is 9. The number of nitrogens with zero attached hydrogens (tertiary/aromatic N) is 2. The zero-order valence-corrected chi connectivity index (χ0v) is 18.1. The first kappa shape index (κ1) is 22.3. The van der Waals surface area contributed by atoms with Crippen molar-refractivity contribution in [3.8, 4) is 0 Å². The highest BCUT2D eigenvalue weighted by Gasteiger charge is 2.24. The van der Waals surface area contributed by atoms with E-state index in [1.165, 1.54) is 35.7 Å². The van der Waals surface area contributed by atoms with Gasteiger partial charge in [0.15, 0.2) is 5.17 Å². The summed E-state index contributed by atoms with van der Waals surface area (Å²) in [6.45, 7) is 8.30. The maximum atomic E-state index is 11.4. The Morgan fingerprint density at radius 1 is 1.32 bits per heavy atom. The number of ether oxygens (including phenoxy) is 2. The summed E-state index contributed by atoms with van der Waals surface area (Å²) in [5.41, 5.74) is 6.50. The van der Waals surface area contributed by atoms with Gasteiger partial charge >= 0.3 is 6.16 Å². The van der Waals surface area contributed by atoms with Crippen LogP contribution < -0.4 is 5.43 Å². The Bertz CT molecular complexity index is 700. The lowest BCUT2D eigenvalue weighted by Gasteiger charge is -2.11. The number of aliphatic imine (C=N–C) groups is 1. The average molecular weight is 406 g/mol. The SMILES string of the molecule is CCCc1ccc(C2CC2)cc1N=C(N/N=C/C(C)C)SCOC(=O)OCC. The zero-order valence-electron chi connectivity index (χ0n) is 17.2. The van der Waals surface area contributed by atoms with Crippen LogP contribution in [0.1, 0.15) is 64.0 Å². The lowest BCUT2D eigenvalue weighted by Crippen LogP contribution is -2.17. The third kappa shape index (κ3) is 7.92. The summed E-state index contributed by atoms with van der Waals surface area (Å²) >= 11 is 1.28. The van der Waals surface area contributed by atoms with Gasteiger partial charge in [0, 0.05) is 6.21 Å². The number of benzene rings is 1. The number of nitrogens with one attached hydrogen (secondary N) is 1. The second-order valence-corrected chi connectivity index (χ2v) is 7.96. The number of amidine groups is 1. The van der Waals surface area contributed by atoms with Gasteiger partial charge in [0.25, 0.3) is 0 Å². The Balaban J connectivity index is 2.17. The van der Waals surface area contributed by atoms with Crippen molar-refractivity contribution < 1.29 is 14.3 Å². The second kappa shape index (κ2) is 11.7. The van der Waals surface area contributed by atoms with Crippen LogP contribution in [0.3, 0.4) is 0 Å². The highest BCUT2D eigenvalue weighted by Crippen LogP contribution is 2.41. The smallest absolute Gasteiger partial charge is 0.435 e. The number of hydrazone groups is 1. The highest BCUT2D eigenvalue weighted by atomic mass is 32.2. The van der Waals surface area contributed by atoms with Crippen molar-refractivity contribution >= 4 is 35.0 Å². The van der Waals surface area contributed by atoms with Gasteiger partial charge < -0.3 is 9.47 Å². The molecule has 6 nitrogen and oxygen atoms in total. The van der Waals surface area contributed by atoms with E-state index in [1.807, 2.05) is 6.21 Å². The summed E-state index contributed by atoms with van der Waals surface area (Å²) in [4.78, 5) is 16.2. The zero-order chi connectivity index (χ0) is 20.4. The topological polar surface area (TPSA) is 72.3 Å². The summed E-state index contributed by atoms with van der Waals surface area (Å²) in [7, 11) is 0. The normalized spacial score (nSPS) is 14.5. The number of aryl methyl sites for hydroxylation is 1. The van der Waals surface area contributed by atoms with Crippen LogP contribution in [-0.2, 0) is 15.9 Å². The maximum Gasteiger partial charge on any atom is 0.509 e. The quantitative estimate of drug-likeness (QED) is 0.190. The number of hydrogen-bond acceptors (Lipinski definition) is 6. The fourth-order valence-corrected chi connectivity index (χ4v) is 3.12. The van der Waals surface area contributed by atoms with Gasteiger partial charge in [0.1, 0.15) is 5.94 Å². The molecule has 28 heavy (non-hydrogen) atoms.